The average Bonchev–Trinajstić information content (AvgIpc) is 1.75. The molecule has 0 amide bonds. The minimum absolute atomic E-state index is 0. The van der Waals surface area contributed by atoms with Gasteiger partial charge in [0.15, 0.2) is 0 Å². The Kier molecular flexibility index (Phi) is 106. The maximum Gasteiger partial charge on any atom is 0.264 e. The molecule has 114 heavy (non-hydrogen) atoms. The highest BCUT2D eigenvalue weighted by atomic mass is 35.5. The van der Waals surface area contributed by atoms with E-state index in [0.717, 1.165) is 38.5 Å². The predicted octanol–water partition coefficient (Wildman–Crippen LogP) is 34.5. The predicted molar refractivity (Wildman–Crippen MR) is 509 cm³/mol. The SMILES string of the molecule is CCCCCCCCCCCCCCCCC(CCCCCCCCCCCCCCCC)OS(C)(=O)=O.CCCCCCCCCCCCCCCCC(CCCCCCCCCCCCCCCC)n1cc[n+](C)c1.CCCCCCCCCCCCCCCCCCC(O)CCCCCCCCCCCCCCCC.[Cl-]. The van der Waals surface area contributed by atoms with Crippen LogP contribution in [0.1, 0.15) is 638 Å². The molecule has 8 heteroatoms. The van der Waals surface area contributed by atoms with Crippen molar-refractivity contribution < 1.29 is 34.7 Å². The van der Waals surface area contributed by atoms with Crippen LogP contribution in [0.25, 0.3) is 0 Å². The zero-order valence-electron chi connectivity index (χ0n) is 79.9. The van der Waals surface area contributed by atoms with Gasteiger partial charge in [0.1, 0.15) is 18.4 Å². The molecule has 1 heterocycles. The summed E-state index contributed by atoms with van der Waals surface area (Å²) in [6.07, 6.45) is 135. The second kappa shape index (κ2) is 103. The first-order valence-corrected chi connectivity index (χ1v) is 55.0. The number of unbranched alkanes of at least 4 members (excludes halogenated alkanes) is 80. The number of imidazole rings is 1. The normalized spacial score (nSPS) is 12.0. The minimum Gasteiger partial charge on any atom is -1.00 e. The second-order valence-electron chi connectivity index (χ2n) is 37.3. The molecule has 0 fully saturated rings. The molecule has 0 saturated heterocycles. The largest absolute Gasteiger partial charge is 1.00 e. The molecule has 0 spiro atoms. The molecule has 0 aliphatic carbocycles. The summed E-state index contributed by atoms with van der Waals surface area (Å²) in [7, 11) is -1.20. The van der Waals surface area contributed by atoms with Crippen molar-refractivity contribution in [1.29, 1.82) is 0 Å². The highest BCUT2D eigenvalue weighted by molar-refractivity contribution is 7.86. The Morgan fingerprint density at radius 2 is 0.404 bits per heavy atom. The average molecular weight is 1650 g/mol. The minimum atomic E-state index is -3.36. The van der Waals surface area contributed by atoms with Gasteiger partial charge < -0.3 is 17.5 Å². The Labute approximate surface area is 727 Å². The molecular formula is C106H215ClN2O4S. The lowest BCUT2D eigenvalue weighted by molar-refractivity contribution is -0.671. The zero-order valence-corrected chi connectivity index (χ0v) is 81.4. The number of aliphatic hydroxyl groups is 1. The first kappa shape index (κ1) is 118. The number of hydrogen-bond donors (Lipinski definition) is 1. The van der Waals surface area contributed by atoms with Crippen LogP contribution in [0.2, 0.25) is 0 Å². The van der Waals surface area contributed by atoms with Gasteiger partial charge in [-0.25, -0.2) is 9.13 Å². The lowest BCUT2D eigenvalue weighted by atomic mass is 9.99. The maximum absolute atomic E-state index is 11.7. The van der Waals surface area contributed by atoms with Crippen LogP contribution < -0.4 is 17.0 Å². The summed E-state index contributed by atoms with van der Waals surface area (Å²) in [5, 5.41) is 10.3. The van der Waals surface area contributed by atoms with Gasteiger partial charge in [0.25, 0.3) is 10.1 Å². The number of nitrogens with zero attached hydrogens (tertiary/aromatic N) is 2. The van der Waals surface area contributed by atoms with Gasteiger partial charge in [0.05, 0.1) is 25.5 Å². The molecule has 1 aromatic heterocycles. The van der Waals surface area contributed by atoms with Crippen molar-refractivity contribution in [2.75, 3.05) is 6.26 Å². The van der Waals surface area contributed by atoms with E-state index in [4.69, 9.17) is 4.18 Å². The Hall–Kier alpha value is -0.630. The quantitative estimate of drug-likeness (QED) is 0.0401. The van der Waals surface area contributed by atoms with Crippen molar-refractivity contribution in [1.82, 2.24) is 4.57 Å². The molecule has 1 unspecified atom stereocenters. The van der Waals surface area contributed by atoms with Crippen molar-refractivity contribution in [2.24, 2.45) is 7.05 Å². The fourth-order valence-corrected chi connectivity index (χ4v) is 18.2. The zero-order chi connectivity index (χ0) is 82.3. The van der Waals surface area contributed by atoms with E-state index in [2.05, 4.69) is 76.4 Å². The maximum atomic E-state index is 11.7. The van der Waals surface area contributed by atoms with E-state index < -0.39 is 10.1 Å². The van der Waals surface area contributed by atoms with Crippen molar-refractivity contribution in [3.05, 3.63) is 18.7 Å². The molecule has 686 valence electrons. The Bertz CT molecular complexity index is 1880. The first-order chi connectivity index (χ1) is 55.6. The summed E-state index contributed by atoms with van der Waals surface area (Å²) in [6, 6.07) is 0.709. The van der Waals surface area contributed by atoms with Crippen LogP contribution in [0.15, 0.2) is 18.7 Å². The number of rotatable bonds is 95. The first-order valence-electron chi connectivity index (χ1n) is 53.2. The van der Waals surface area contributed by atoms with E-state index in [-0.39, 0.29) is 24.6 Å². The fourth-order valence-electron chi connectivity index (χ4n) is 17.5. The third-order valence-corrected chi connectivity index (χ3v) is 26.0. The molecule has 1 atom stereocenters. The number of aromatic nitrogens is 2. The Balaban J connectivity index is -0.00000162. The number of hydrogen-bond acceptors (Lipinski definition) is 4. The second-order valence-corrected chi connectivity index (χ2v) is 38.9. The van der Waals surface area contributed by atoms with Gasteiger partial charge in [0, 0.05) is 0 Å². The van der Waals surface area contributed by atoms with E-state index in [1.165, 1.54) is 558 Å². The third kappa shape index (κ3) is 102. The summed E-state index contributed by atoms with van der Waals surface area (Å²) in [5.41, 5.74) is 0. The van der Waals surface area contributed by atoms with Crippen LogP contribution >= 0.6 is 0 Å². The summed E-state index contributed by atoms with van der Waals surface area (Å²) < 4.78 is 33.6. The van der Waals surface area contributed by atoms with E-state index in [0.29, 0.717) is 6.04 Å². The van der Waals surface area contributed by atoms with Gasteiger partial charge in [-0.1, -0.05) is 581 Å². The molecule has 0 aromatic carbocycles. The van der Waals surface area contributed by atoms with Crippen LogP contribution in [-0.2, 0) is 21.3 Å². The van der Waals surface area contributed by atoms with Gasteiger partial charge in [0.2, 0.25) is 6.33 Å². The lowest BCUT2D eigenvalue weighted by Gasteiger charge is -2.16. The van der Waals surface area contributed by atoms with E-state index >= 15 is 0 Å². The number of aryl methyl sites for hydroxylation is 1. The lowest BCUT2D eigenvalue weighted by Crippen LogP contribution is -3.00. The van der Waals surface area contributed by atoms with Crippen LogP contribution in [0.3, 0.4) is 0 Å². The van der Waals surface area contributed by atoms with E-state index in [1.54, 1.807) is 0 Å². The molecule has 1 rings (SSSR count). The van der Waals surface area contributed by atoms with Crippen molar-refractivity contribution in [3.8, 4) is 0 Å². The monoisotopic (exact) mass is 1650 g/mol. The van der Waals surface area contributed by atoms with Crippen LogP contribution in [0.4, 0.5) is 0 Å². The molecular weight excluding hydrogens is 1430 g/mol. The molecule has 1 N–H and O–H groups in total. The van der Waals surface area contributed by atoms with Gasteiger partial charge >= 0.3 is 0 Å². The molecule has 0 bridgehead atoms. The summed E-state index contributed by atoms with van der Waals surface area (Å²) in [5.74, 6) is 0. The summed E-state index contributed by atoms with van der Waals surface area (Å²) in [4.78, 5) is 0. The van der Waals surface area contributed by atoms with Crippen molar-refractivity contribution in [2.45, 2.75) is 651 Å². The molecule has 6 nitrogen and oxygen atoms in total. The molecule has 0 aliphatic rings. The number of halogens is 1. The van der Waals surface area contributed by atoms with Gasteiger partial charge in [-0.3, -0.25) is 4.18 Å². The molecule has 0 saturated carbocycles. The smallest absolute Gasteiger partial charge is 0.264 e. The van der Waals surface area contributed by atoms with Gasteiger partial charge in [-0.15, -0.1) is 0 Å². The summed E-state index contributed by atoms with van der Waals surface area (Å²) >= 11 is 0. The molecule has 0 aliphatic heterocycles. The van der Waals surface area contributed by atoms with E-state index in [9.17, 15) is 13.5 Å². The van der Waals surface area contributed by atoms with Crippen LogP contribution in [-0.4, -0.2) is 36.6 Å². The molecule has 0 radical (unpaired) electrons. The van der Waals surface area contributed by atoms with Crippen LogP contribution in [0.5, 0.6) is 0 Å². The molecule has 1 aromatic rings. The Morgan fingerprint density at radius 1 is 0.254 bits per heavy atom. The van der Waals surface area contributed by atoms with Gasteiger partial charge in [-0.2, -0.15) is 8.42 Å². The highest BCUT2D eigenvalue weighted by Crippen LogP contribution is 2.27. The Morgan fingerprint density at radius 3 is 0.553 bits per heavy atom. The van der Waals surface area contributed by atoms with Crippen LogP contribution in [0, 0.1) is 0 Å². The fraction of sp³-hybridized carbons (Fsp3) is 0.972. The number of aliphatic hydroxyl groups excluding tert-OH is 1. The highest BCUT2D eigenvalue weighted by Gasteiger charge is 2.18. The third-order valence-electron chi connectivity index (χ3n) is 25.3. The van der Waals surface area contributed by atoms with Crippen molar-refractivity contribution in [3.63, 3.8) is 0 Å². The summed E-state index contributed by atoms with van der Waals surface area (Å²) in [6.45, 7) is 13.8. The van der Waals surface area contributed by atoms with Gasteiger partial charge in [-0.05, 0) is 51.4 Å². The standard InChI is InChI=1S/C37H73N2.C35H72O.C34H70O3S.ClH/c1-4-6-8-10-12-14-16-18-20-22-24-26-28-30-32-37(39-35-34-38(3)36-39)33-31-29-27-25-23-21-19-17-15-13-11-9-7-5-2;1-3-5-7-9-11-13-15-17-19-20-22-24-26-28-30-32-34-35(36)33-31-29-27-25-23-21-18-16-14-12-10-8-6-4-2;1-4-6-8-10-12-14-16-18-20-22-24-26-28-30-32-34(37-38(3,35)36)33-31-29-27-25-23-21-19-17-15-13-11-9-7-5-2;/h34-37H,4-33H2,1-3H3;35-36H,3-34H2,1-2H3;34H,4-33H2,1-3H3;1H/q+1;;;/p-1. The topological polar surface area (TPSA) is 72.4 Å². The van der Waals surface area contributed by atoms with Crippen molar-refractivity contribution >= 4 is 10.1 Å². The van der Waals surface area contributed by atoms with E-state index in [1.807, 2.05) is 0 Å².